The molecule has 0 aromatic heterocycles. The first-order valence-electron chi connectivity index (χ1n) is 7.98. The van der Waals surface area contributed by atoms with Gasteiger partial charge in [-0.1, -0.05) is 15.9 Å². The highest BCUT2D eigenvalue weighted by molar-refractivity contribution is 9.10. The smallest absolute Gasteiger partial charge is 0.225 e. The van der Waals surface area contributed by atoms with Crippen LogP contribution in [0.3, 0.4) is 0 Å². The fourth-order valence-electron chi connectivity index (χ4n) is 4.06. The predicted molar refractivity (Wildman–Crippen MR) is 98.6 cm³/mol. The summed E-state index contributed by atoms with van der Waals surface area (Å²) >= 11 is 3.52. The van der Waals surface area contributed by atoms with Crippen molar-refractivity contribution in [3.05, 3.63) is 22.2 Å². The average molecular weight is 420 g/mol. The number of ether oxygens (including phenoxy) is 2. The standard InChI is InChI=1S/C17H23BrN2O3.ClH/c1-22-13-6-11(12(18)7-14(13)23-2)8-20-17(21)15-9-3-4-10(5-9)16(15)19;/h6-7,9-10,15-16H,3-5,8,19H2,1-2H3,(H,20,21);1H. The number of nitrogens with two attached hydrogens (primary N) is 1. The van der Waals surface area contributed by atoms with Crippen molar-refractivity contribution in [3.63, 3.8) is 0 Å². The van der Waals surface area contributed by atoms with Gasteiger partial charge in [0.1, 0.15) is 0 Å². The lowest BCUT2D eigenvalue weighted by Gasteiger charge is -2.27. The third-order valence-electron chi connectivity index (χ3n) is 5.29. The van der Waals surface area contributed by atoms with Crippen molar-refractivity contribution in [2.45, 2.75) is 31.8 Å². The van der Waals surface area contributed by atoms with Gasteiger partial charge in [-0.3, -0.25) is 4.79 Å². The number of rotatable bonds is 5. The SMILES string of the molecule is COc1cc(Br)c(CNC(=O)C2C3CCC(C3)C2N)cc1OC.Cl. The molecule has 0 radical (unpaired) electrons. The highest BCUT2D eigenvalue weighted by Crippen LogP contribution is 2.47. The van der Waals surface area contributed by atoms with Crippen molar-refractivity contribution >= 4 is 34.2 Å². The maximum absolute atomic E-state index is 12.5. The van der Waals surface area contributed by atoms with Crippen LogP contribution in [0.4, 0.5) is 0 Å². The minimum atomic E-state index is -0.0346. The molecule has 4 atom stereocenters. The van der Waals surface area contributed by atoms with E-state index in [2.05, 4.69) is 21.2 Å². The van der Waals surface area contributed by atoms with Crippen LogP contribution in [0.2, 0.25) is 0 Å². The van der Waals surface area contributed by atoms with E-state index in [0.29, 0.717) is 29.9 Å². The van der Waals surface area contributed by atoms with E-state index in [-0.39, 0.29) is 30.3 Å². The molecule has 1 aromatic carbocycles. The molecule has 1 aromatic rings. The summed E-state index contributed by atoms with van der Waals surface area (Å²) in [6.45, 7) is 0.445. The Bertz CT molecular complexity index is 612. The summed E-state index contributed by atoms with van der Waals surface area (Å²) < 4.78 is 11.5. The average Bonchev–Trinajstić information content (AvgIpc) is 3.14. The second kappa shape index (κ2) is 7.93. The number of carbonyl (C=O) groups is 1. The zero-order chi connectivity index (χ0) is 16.6. The number of hydrogen-bond acceptors (Lipinski definition) is 4. The lowest BCUT2D eigenvalue weighted by Crippen LogP contribution is -2.45. The van der Waals surface area contributed by atoms with Gasteiger partial charge >= 0.3 is 0 Å². The molecule has 1 amide bonds. The molecular weight excluding hydrogens is 396 g/mol. The molecule has 24 heavy (non-hydrogen) atoms. The van der Waals surface area contributed by atoms with Gasteiger partial charge in [0.15, 0.2) is 11.5 Å². The number of halogens is 2. The summed E-state index contributed by atoms with van der Waals surface area (Å²) in [4.78, 5) is 12.5. The molecule has 5 nitrogen and oxygen atoms in total. The molecule has 3 N–H and O–H groups in total. The molecule has 2 saturated carbocycles. The van der Waals surface area contributed by atoms with Crippen molar-refractivity contribution in [1.82, 2.24) is 5.32 Å². The van der Waals surface area contributed by atoms with Gasteiger partial charge in [0.25, 0.3) is 0 Å². The number of fused-ring (bicyclic) bond motifs is 2. The summed E-state index contributed by atoms with van der Waals surface area (Å²) in [6.07, 6.45) is 3.42. The van der Waals surface area contributed by atoms with Crippen molar-refractivity contribution in [2.75, 3.05) is 14.2 Å². The summed E-state index contributed by atoms with van der Waals surface area (Å²) in [6, 6.07) is 3.75. The quantitative estimate of drug-likeness (QED) is 0.769. The van der Waals surface area contributed by atoms with E-state index in [1.165, 1.54) is 6.42 Å². The van der Waals surface area contributed by atoms with Crippen LogP contribution >= 0.6 is 28.3 Å². The summed E-state index contributed by atoms with van der Waals surface area (Å²) in [7, 11) is 3.20. The first-order chi connectivity index (χ1) is 11.0. The maximum Gasteiger partial charge on any atom is 0.225 e. The molecule has 134 valence electrons. The van der Waals surface area contributed by atoms with Gasteiger partial charge in [-0.15, -0.1) is 12.4 Å². The van der Waals surface area contributed by atoms with Crippen LogP contribution in [-0.4, -0.2) is 26.2 Å². The van der Waals surface area contributed by atoms with E-state index in [9.17, 15) is 4.79 Å². The van der Waals surface area contributed by atoms with Crippen molar-refractivity contribution in [2.24, 2.45) is 23.5 Å². The molecule has 0 aliphatic heterocycles. The first kappa shape index (κ1) is 19.3. The van der Waals surface area contributed by atoms with E-state index in [1.807, 2.05) is 12.1 Å². The number of carbonyl (C=O) groups excluding carboxylic acids is 1. The maximum atomic E-state index is 12.5. The van der Waals surface area contributed by atoms with Gasteiger partial charge in [-0.2, -0.15) is 0 Å². The molecule has 7 heteroatoms. The van der Waals surface area contributed by atoms with E-state index >= 15 is 0 Å². The van der Waals surface area contributed by atoms with Crippen LogP contribution in [0.5, 0.6) is 11.5 Å². The molecule has 0 saturated heterocycles. The van der Waals surface area contributed by atoms with Crippen LogP contribution in [-0.2, 0) is 11.3 Å². The fourth-order valence-corrected chi connectivity index (χ4v) is 4.52. The largest absolute Gasteiger partial charge is 0.493 e. The zero-order valence-corrected chi connectivity index (χ0v) is 16.3. The van der Waals surface area contributed by atoms with Gasteiger partial charge in [0.05, 0.1) is 20.1 Å². The van der Waals surface area contributed by atoms with Crippen molar-refractivity contribution in [1.29, 1.82) is 0 Å². The Hall–Kier alpha value is -0.980. The number of amides is 1. The van der Waals surface area contributed by atoms with Crippen LogP contribution in [0.25, 0.3) is 0 Å². The van der Waals surface area contributed by atoms with Crippen LogP contribution in [0, 0.1) is 17.8 Å². The van der Waals surface area contributed by atoms with Crippen molar-refractivity contribution < 1.29 is 14.3 Å². The Labute approximate surface area is 157 Å². The van der Waals surface area contributed by atoms with E-state index < -0.39 is 0 Å². The minimum absolute atomic E-state index is 0. The second-order valence-corrected chi connectivity index (χ2v) is 7.31. The molecule has 3 rings (SSSR count). The third kappa shape index (κ3) is 3.51. The van der Waals surface area contributed by atoms with Gasteiger partial charge in [0, 0.05) is 17.1 Å². The van der Waals surface area contributed by atoms with Crippen LogP contribution in [0.15, 0.2) is 16.6 Å². The Morgan fingerprint density at radius 2 is 1.88 bits per heavy atom. The van der Waals surface area contributed by atoms with Crippen molar-refractivity contribution in [3.8, 4) is 11.5 Å². The molecule has 0 spiro atoms. The minimum Gasteiger partial charge on any atom is -0.493 e. The topological polar surface area (TPSA) is 73.6 Å². The van der Waals surface area contributed by atoms with Crippen LogP contribution < -0.4 is 20.5 Å². The Balaban J connectivity index is 0.00000208. The molecular formula is C17H24BrClN2O3. The monoisotopic (exact) mass is 418 g/mol. The Morgan fingerprint density at radius 3 is 2.46 bits per heavy atom. The van der Waals surface area contributed by atoms with Gasteiger partial charge in [-0.05, 0) is 48.8 Å². The van der Waals surface area contributed by atoms with Gasteiger partial charge in [-0.25, -0.2) is 0 Å². The molecule has 2 fully saturated rings. The van der Waals surface area contributed by atoms with Crippen LogP contribution in [0.1, 0.15) is 24.8 Å². The molecule has 0 heterocycles. The van der Waals surface area contributed by atoms with E-state index in [4.69, 9.17) is 15.2 Å². The number of nitrogens with one attached hydrogen (secondary N) is 1. The summed E-state index contributed by atoms with van der Waals surface area (Å²) in [5.41, 5.74) is 7.19. The third-order valence-corrected chi connectivity index (χ3v) is 6.03. The number of methoxy groups -OCH3 is 2. The highest BCUT2D eigenvalue weighted by Gasteiger charge is 2.48. The second-order valence-electron chi connectivity index (χ2n) is 6.45. The lowest BCUT2D eigenvalue weighted by atomic mass is 9.84. The zero-order valence-electron chi connectivity index (χ0n) is 13.9. The molecule has 2 aliphatic carbocycles. The Morgan fingerprint density at radius 1 is 1.25 bits per heavy atom. The summed E-state index contributed by atoms with van der Waals surface area (Å²) in [5, 5.41) is 3.04. The predicted octanol–water partition coefficient (Wildman–Crippen LogP) is 2.88. The normalized spacial score (nSPS) is 27.5. The lowest BCUT2D eigenvalue weighted by molar-refractivity contribution is -0.127. The highest BCUT2D eigenvalue weighted by atomic mass is 79.9. The summed E-state index contributed by atoms with van der Waals surface area (Å²) in [5.74, 6) is 2.34. The van der Waals surface area contributed by atoms with Gasteiger partial charge < -0.3 is 20.5 Å². The number of benzene rings is 1. The van der Waals surface area contributed by atoms with E-state index in [1.54, 1.807) is 14.2 Å². The molecule has 2 bridgehead atoms. The fraction of sp³-hybridized carbons (Fsp3) is 0.588. The molecule has 4 unspecified atom stereocenters. The number of hydrogen-bond donors (Lipinski definition) is 2. The molecule has 2 aliphatic rings. The van der Waals surface area contributed by atoms with E-state index in [0.717, 1.165) is 22.9 Å². The Kier molecular flexibility index (Phi) is 6.39. The first-order valence-corrected chi connectivity index (χ1v) is 8.78. The van der Waals surface area contributed by atoms with Gasteiger partial charge in [0.2, 0.25) is 5.91 Å².